The Labute approximate surface area is 176 Å². The first-order valence-corrected chi connectivity index (χ1v) is 11.2. The predicted octanol–water partition coefficient (Wildman–Crippen LogP) is 6.11. The number of sulfone groups is 1. The number of benzene rings is 2. The summed E-state index contributed by atoms with van der Waals surface area (Å²) < 4.78 is 32.6. The van der Waals surface area contributed by atoms with E-state index < -0.39 is 9.84 Å². The maximum absolute atomic E-state index is 13.4. The molecule has 0 aliphatic heterocycles. The SMILES string of the molecule is COc1ccnc2sc(S(=O)(=O)c3ccc(Cl)cc3)c(-c3ccc(Cl)cc3)c12. The Morgan fingerprint density at radius 2 is 1.54 bits per heavy atom. The molecule has 0 N–H and O–H groups in total. The molecule has 8 heteroatoms. The minimum Gasteiger partial charge on any atom is -0.496 e. The molecule has 4 nitrogen and oxygen atoms in total. The topological polar surface area (TPSA) is 56.3 Å². The number of rotatable bonds is 4. The average molecular weight is 450 g/mol. The highest BCUT2D eigenvalue weighted by molar-refractivity contribution is 7.93. The van der Waals surface area contributed by atoms with Gasteiger partial charge in [-0.3, -0.25) is 0 Å². The summed E-state index contributed by atoms with van der Waals surface area (Å²) in [4.78, 5) is 5.11. The normalized spacial score (nSPS) is 11.7. The van der Waals surface area contributed by atoms with Crippen LogP contribution < -0.4 is 4.74 Å². The van der Waals surface area contributed by atoms with Crippen LogP contribution in [-0.4, -0.2) is 20.5 Å². The Kier molecular flexibility index (Phi) is 5.05. The standard InChI is InChI=1S/C20H13Cl2NO3S2/c1-26-16-10-11-23-19-18(16)17(12-2-4-13(21)5-3-12)20(27-19)28(24,25)15-8-6-14(22)7-9-15/h2-11H,1H3. The monoisotopic (exact) mass is 449 g/mol. The van der Waals surface area contributed by atoms with Crippen molar-refractivity contribution in [1.29, 1.82) is 0 Å². The van der Waals surface area contributed by atoms with E-state index in [2.05, 4.69) is 4.98 Å². The average Bonchev–Trinajstić information content (AvgIpc) is 3.09. The van der Waals surface area contributed by atoms with E-state index in [1.807, 2.05) is 0 Å². The summed E-state index contributed by atoms with van der Waals surface area (Å²) in [5, 5.41) is 1.69. The first-order chi connectivity index (χ1) is 13.4. The summed E-state index contributed by atoms with van der Waals surface area (Å²) in [6, 6.07) is 14.9. The van der Waals surface area contributed by atoms with Gasteiger partial charge in [0.1, 0.15) is 14.8 Å². The number of hydrogen-bond donors (Lipinski definition) is 0. The molecule has 4 aromatic rings. The van der Waals surface area contributed by atoms with Gasteiger partial charge in [-0.25, -0.2) is 13.4 Å². The highest BCUT2D eigenvalue weighted by Crippen LogP contribution is 2.46. The molecule has 0 saturated carbocycles. The first-order valence-electron chi connectivity index (χ1n) is 8.14. The van der Waals surface area contributed by atoms with E-state index in [4.69, 9.17) is 27.9 Å². The summed E-state index contributed by atoms with van der Waals surface area (Å²) in [7, 11) is -2.25. The second-order valence-corrected chi connectivity index (χ2v) is 9.94. The van der Waals surface area contributed by atoms with E-state index in [-0.39, 0.29) is 9.10 Å². The third kappa shape index (κ3) is 3.26. The van der Waals surface area contributed by atoms with Gasteiger partial charge in [0.25, 0.3) is 0 Å². The van der Waals surface area contributed by atoms with Crippen LogP contribution in [0.3, 0.4) is 0 Å². The van der Waals surface area contributed by atoms with Gasteiger partial charge in [-0.1, -0.05) is 35.3 Å². The quantitative estimate of drug-likeness (QED) is 0.376. The molecule has 2 aromatic heterocycles. The van der Waals surface area contributed by atoms with E-state index in [0.717, 1.165) is 16.9 Å². The van der Waals surface area contributed by atoms with Crippen molar-refractivity contribution in [3.8, 4) is 16.9 Å². The zero-order valence-electron chi connectivity index (χ0n) is 14.5. The summed E-state index contributed by atoms with van der Waals surface area (Å²) in [6.07, 6.45) is 1.60. The van der Waals surface area contributed by atoms with Crippen molar-refractivity contribution in [2.24, 2.45) is 0 Å². The summed E-state index contributed by atoms with van der Waals surface area (Å²) >= 11 is 13.1. The van der Waals surface area contributed by atoms with Crippen molar-refractivity contribution >= 4 is 54.6 Å². The fraction of sp³-hybridized carbons (Fsp3) is 0.0500. The van der Waals surface area contributed by atoms with E-state index >= 15 is 0 Å². The summed E-state index contributed by atoms with van der Waals surface area (Å²) in [5.74, 6) is 0.559. The number of pyridine rings is 1. The summed E-state index contributed by atoms with van der Waals surface area (Å²) in [5.41, 5.74) is 1.27. The highest BCUT2D eigenvalue weighted by Gasteiger charge is 2.29. The lowest BCUT2D eigenvalue weighted by Gasteiger charge is -2.09. The van der Waals surface area contributed by atoms with Crippen LogP contribution in [0.15, 0.2) is 69.9 Å². The molecule has 4 rings (SSSR count). The Balaban J connectivity index is 2.07. The number of halogens is 2. The van der Waals surface area contributed by atoms with Crippen LogP contribution in [-0.2, 0) is 9.84 Å². The van der Waals surface area contributed by atoms with Crippen LogP contribution in [0, 0.1) is 0 Å². The molecule has 0 unspecified atom stereocenters. The molecule has 2 aromatic carbocycles. The minimum atomic E-state index is -3.80. The van der Waals surface area contributed by atoms with Gasteiger partial charge in [0, 0.05) is 21.8 Å². The molecule has 0 fully saturated rings. The van der Waals surface area contributed by atoms with Crippen molar-refractivity contribution in [2.75, 3.05) is 7.11 Å². The Morgan fingerprint density at radius 3 is 2.14 bits per heavy atom. The molecule has 0 aliphatic rings. The van der Waals surface area contributed by atoms with E-state index in [1.165, 1.54) is 12.1 Å². The zero-order chi connectivity index (χ0) is 19.9. The maximum Gasteiger partial charge on any atom is 0.216 e. The van der Waals surface area contributed by atoms with Crippen LogP contribution in [0.2, 0.25) is 10.0 Å². The number of fused-ring (bicyclic) bond motifs is 1. The molecule has 0 bridgehead atoms. The zero-order valence-corrected chi connectivity index (χ0v) is 17.7. The smallest absolute Gasteiger partial charge is 0.216 e. The molecule has 0 amide bonds. The molecule has 0 saturated heterocycles. The van der Waals surface area contributed by atoms with E-state index in [9.17, 15) is 8.42 Å². The molecule has 0 spiro atoms. The maximum atomic E-state index is 13.4. The lowest BCUT2D eigenvalue weighted by Crippen LogP contribution is -2.01. The molecule has 0 aliphatic carbocycles. The van der Waals surface area contributed by atoms with Gasteiger partial charge >= 0.3 is 0 Å². The molecule has 0 radical (unpaired) electrons. The lowest BCUT2D eigenvalue weighted by molar-refractivity contribution is 0.419. The number of methoxy groups -OCH3 is 1. The summed E-state index contributed by atoms with van der Waals surface area (Å²) in [6.45, 7) is 0. The van der Waals surface area contributed by atoms with Gasteiger partial charge in [0.2, 0.25) is 9.84 Å². The third-order valence-corrected chi connectivity index (χ3v) is 8.13. The van der Waals surface area contributed by atoms with Crippen molar-refractivity contribution in [3.05, 3.63) is 70.8 Å². The number of ether oxygens (including phenoxy) is 1. The van der Waals surface area contributed by atoms with E-state index in [0.29, 0.717) is 31.6 Å². The van der Waals surface area contributed by atoms with Crippen LogP contribution >= 0.6 is 34.5 Å². The number of hydrogen-bond acceptors (Lipinski definition) is 5. The lowest BCUT2D eigenvalue weighted by atomic mass is 10.1. The van der Waals surface area contributed by atoms with Crippen LogP contribution in [0.1, 0.15) is 0 Å². The van der Waals surface area contributed by atoms with Crippen molar-refractivity contribution in [3.63, 3.8) is 0 Å². The Morgan fingerprint density at radius 1 is 0.929 bits per heavy atom. The van der Waals surface area contributed by atoms with Gasteiger partial charge in [-0.05, 0) is 48.0 Å². The van der Waals surface area contributed by atoms with Crippen molar-refractivity contribution < 1.29 is 13.2 Å². The molecular formula is C20H13Cl2NO3S2. The fourth-order valence-electron chi connectivity index (χ4n) is 2.93. The number of nitrogens with zero attached hydrogens (tertiary/aromatic N) is 1. The largest absolute Gasteiger partial charge is 0.496 e. The van der Waals surface area contributed by atoms with Crippen LogP contribution in [0.4, 0.5) is 0 Å². The molecule has 28 heavy (non-hydrogen) atoms. The van der Waals surface area contributed by atoms with Gasteiger partial charge in [-0.2, -0.15) is 0 Å². The number of aromatic nitrogens is 1. The van der Waals surface area contributed by atoms with Gasteiger partial charge < -0.3 is 4.74 Å². The molecular weight excluding hydrogens is 437 g/mol. The van der Waals surface area contributed by atoms with Crippen molar-refractivity contribution in [2.45, 2.75) is 9.10 Å². The van der Waals surface area contributed by atoms with E-state index in [1.54, 1.807) is 55.8 Å². The van der Waals surface area contributed by atoms with Gasteiger partial charge in [0.05, 0.1) is 17.4 Å². The Bertz CT molecular complexity index is 1270. The second-order valence-electron chi connectivity index (χ2n) is 5.92. The molecule has 142 valence electrons. The predicted molar refractivity (Wildman–Crippen MR) is 114 cm³/mol. The third-order valence-electron chi connectivity index (χ3n) is 4.24. The molecule has 0 atom stereocenters. The molecule has 2 heterocycles. The van der Waals surface area contributed by atoms with Crippen molar-refractivity contribution in [1.82, 2.24) is 4.98 Å². The van der Waals surface area contributed by atoms with Crippen LogP contribution in [0.5, 0.6) is 5.75 Å². The first kappa shape index (κ1) is 19.2. The fourth-order valence-corrected chi connectivity index (χ4v) is 6.26. The minimum absolute atomic E-state index is 0.164. The second kappa shape index (κ2) is 7.37. The highest BCUT2D eigenvalue weighted by atomic mass is 35.5. The van der Waals surface area contributed by atoms with Crippen LogP contribution in [0.25, 0.3) is 21.3 Å². The van der Waals surface area contributed by atoms with Gasteiger partial charge in [-0.15, -0.1) is 11.3 Å². The number of thiophene rings is 1. The van der Waals surface area contributed by atoms with Gasteiger partial charge in [0.15, 0.2) is 0 Å². The Hall–Kier alpha value is -2.12.